The normalized spacial score (nSPS) is 22.5. The Balaban J connectivity index is 1.46. The van der Waals surface area contributed by atoms with Gasteiger partial charge in [0.25, 0.3) is 0 Å². The topological polar surface area (TPSA) is 430 Å². The number of carbonyl (C=O) groups is 3. The highest BCUT2D eigenvalue weighted by atomic mass is 32.2. The van der Waals surface area contributed by atoms with Crippen molar-refractivity contribution in [1.82, 2.24) is 30.2 Å². The summed E-state index contributed by atoms with van der Waals surface area (Å²) in [4.78, 5) is 87.5. The van der Waals surface area contributed by atoms with E-state index < -0.39 is 102 Å². The van der Waals surface area contributed by atoms with Crippen molar-refractivity contribution in [3.05, 3.63) is 12.7 Å². The van der Waals surface area contributed by atoms with Crippen LogP contribution in [0.15, 0.2) is 12.7 Å². The maximum Gasteiger partial charge on any atom is 0.481 e. The van der Waals surface area contributed by atoms with Gasteiger partial charge in [0.2, 0.25) is 16.9 Å². The van der Waals surface area contributed by atoms with Crippen LogP contribution in [0.2, 0.25) is 0 Å². The maximum atomic E-state index is 12.7. The van der Waals surface area contributed by atoms with E-state index in [9.17, 15) is 68.1 Å². The number of fused-ring (bicyclic) bond motifs is 1. The number of nitrogens with one attached hydrogen (secondary N) is 2. The third kappa shape index (κ3) is 15.2. The van der Waals surface area contributed by atoms with E-state index in [0.717, 1.165) is 29.0 Å². The number of amides is 2. The predicted molar refractivity (Wildman–Crippen MR) is 197 cm³/mol. The highest BCUT2D eigenvalue weighted by molar-refractivity contribution is 8.13. The van der Waals surface area contributed by atoms with Gasteiger partial charge in [0.1, 0.15) is 42.4 Å². The second kappa shape index (κ2) is 21.3. The van der Waals surface area contributed by atoms with Crippen molar-refractivity contribution in [3.63, 3.8) is 0 Å². The van der Waals surface area contributed by atoms with E-state index in [4.69, 9.17) is 25.3 Å². The number of ether oxygens (including phenoxy) is 1. The lowest BCUT2D eigenvalue weighted by Crippen LogP contribution is -2.46. The molecule has 0 bridgehead atoms. The molecule has 0 radical (unpaired) electrons. The first-order valence-corrected chi connectivity index (χ1v) is 22.5. The number of nitrogen functional groups attached to an aromatic ring is 1. The van der Waals surface area contributed by atoms with Gasteiger partial charge >= 0.3 is 23.5 Å². The maximum absolute atomic E-state index is 12.7. The summed E-state index contributed by atoms with van der Waals surface area (Å²) in [6, 6.07) is 0. The fourth-order valence-electron chi connectivity index (χ4n) is 5.04. The molecule has 1 fully saturated rings. The Kier molecular flexibility index (Phi) is 18.3. The molecule has 0 spiro atoms. The first-order valence-electron chi connectivity index (χ1n) is 17.0. The van der Waals surface area contributed by atoms with Crippen LogP contribution in [0, 0.1) is 5.41 Å². The Labute approximate surface area is 333 Å². The van der Waals surface area contributed by atoms with E-state index in [1.54, 1.807) is 0 Å². The smallest absolute Gasteiger partial charge is 0.393 e. The van der Waals surface area contributed by atoms with E-state index in [1.165, 1.54) is 13.8 Å². The molecule has 9 atom stereocenters. The van der Waals surface area contributed by atoms with Crippen LogP contribution in [0.4, 0.5) is 5.82 Å². The number of phosphoric ester groups is 3. The van der Waals surface area contributed by atoms with Crippen molar-refractivity contribution >= 4 is 69.1 Å². The first-order chi connectivity index (χ1) is 26.9. The molecule has 3 rings (SSSR count). The van der Waals surface area contributed by atoms with E-state index in [-0.39, 0.29) is 61.6 Å². The number of hydrogen-bond donors (Lipinski definition) is 12. The minimum absolute atomic E-state index is 0.0186. The number of thioether (sulfide) groups is 1. The molecule has 2 aromatic rings. The third-order valence-electron chi connectivity index (χ3n) is 8.01. The van der Waals surface area contributed by atoms with Crippen LogP contribution in [0.25, 0.3) is 11.2 Å². The molecule has 2 amide bonds. The number of aliphatic hydroxyl groups is 4. The summed E-state index contributed by atoms with van der Waals surface area (Å²) in [7, 11) is -16.5. The number of anilines is 1. The number of rotatable bonds is 24. The van der Waals surface area contributed by atoms with Gasteiger partial charge in [-0.3, -0.25) is 32.5 Å². The monoisotopic (exact) mass is 912 g/mol. The molecule has 14 N–H and O–H groups in total. The van der Waals surface area contributed by atoms with Gasteiger partial charge < -0.3 is 66.8 Å². The van der Waals surface area contributed by atoms with Crippen molar-refractivity contribution in [3.8, 4) is 0 Å². The standard InChI is InChI=1S/C27H47N8O19P3S/c1-27(2,21(40)24(41)31-6-4-17(38)30-7-8-58-26(42)15(37)9-14(36)3-5-28)11-51-57(48,49)54-56(46,47)50-10-16-20(53-55(43,44)45)19(39)25(52-16)35-13-34-18-22(29)32-12-33-23(18)35/h12-16,19-21,25,36-37,39-40H,3-11,28H2,1-2H3,(H,30,38)(H,31,41)(H,46,47)(H,48,49)(H2,29,32,33)(H2,43,44,45)/t14?,15?,16-,19-,20-,21?,25-/m1/s1. The van der Waals surface area contributed by atoms with Gasteiger partial charge in [-0.2, -0.15) is 4.31 Å². The lowest BCUT2D eigenvalue weighted by molar-refractivity contribution is -0.137. The van der Waals surface area contributed by atoms with E-state index in [1.807, 2.05) is 0 Å². The summed E-state index contributed by atoms with van der Waals surface area (Å²) in [5, 5.41) is 45.1. The number of aliphatic hydroxyl groups excluding tert-OH is 4. The number of imidazole rings is 1. The second-order valence-electron chi connectivity index (χ2n) is 13.2. The Bertz CT molecular complexity index is 1870. The van der Waals surface area contributed by atoms with Crippen LogP contribution in [0.3, 0.4) is 0 Å². The van der Waals surface area contributed by atoms with Crippen molar-refractivity contribution in [1.29, 1.82) is 0 Å². The minimum Gasteiger partial charge on any atom is -0.393 e. The number of nitrogens with zero attached hydrogens (tertiary/aromatic N) is 4. The zero-order valence-electron chi connectivity index (χ0n) is 30.8. The molecule has 2 aromatic heterocycles. The van der Waals surface area contributed by atoms with Gasteiger partial charge in [0.05, 0.1) is 25.6 Å². The van der Waals surface area contributed by atoms with E-state index >= 15 is 0 Å². The number of carbonyl (C=O) groups excluding carboxylic acids is 3. The summed E-state index contributed by atoms with van der Waals surface area (Å²) < 4.78 is 62.0. The van der Waals surface area contributed by atoms with Crippen LogP contribution in [-0.2, 0) is 50.7 Å². The second-order valence-corrected chi connectivity index (χ2v) is 18.6. The quantitative estimate of drug-likeness (QED) is 0.0372. The van der Waals surface area contributed by atoms with Gasteiger partial charge in [0.15, 0.2) is 17.7 Å². The predicted octanol–water partition coefficient (Wildman–Crippen LogP) is -2.87. The molecule has 5 unspecified atom stereocenters. The van der Waals surface area contributed by atoms with Crippen LogP contribution in [0.5, 0.6) is 0 Å². The molecule has 0 aliphatic carbocycles. The van der Waals surface area contributed by atoms with Crippen molar-refractivity contribution in [2.45, 2.75) is 76.0 Å². The number of hydrogen-bond acceptors (Lipinski definition) is 21. The van der Waals surface area contributed by atoms with Gasteiger partial charge in [-0.05, 0) is 13.0 Å². The number of nitrogens with two attached hydrogens (primary N) is 2. The minimum atomic E-state index is -5.59. The summed E-state index contributed by atoms with van der Waals surface area (Å²) in [5.41, 5.74) is 9.51. The van der Waals surface area contributed by atoms with Crippen LogP contribution in [-0.4, -0.2) is 152 Å². The van der Waals surface area contributed by atoms with Gasteiger partial charge in [0, 0.05) is 37.1 Å². The number of phosphoric acid groups is 3. The van der Waals surface area contributed by atoms with Gasteiger partial charge in [-0.1, -0.05) is 25.6 Å². The van der Waals surface area contributed by atoms with Gasteiger partial charge in [-0.25, -0.2) is 28.6 Å². The van der Waals surface area contributed by atoms with Crippen molar-refractivity contribution < 1.29 is 90.7 Å². The summed E-state index contributed by atoms with van der Waals surface area (Å²) in [6.07, 6.45) is -9.41. The molecule has 0 aromatic carbocycles. The van der Waals surface area contributed by atoms with Crippen molar-refractivity contribution in [2.75, 3.05) is 44.3 Å². The van der Waals surface area contributed by atoms with Gasteiger partial charge in [-0.15, -0.1) is 0 Å². The molecular weight excluding hydrogens is 865 g/mol. The SMILES string of the molecule is CC(C)(COP(=O)(O)OP(=O)(O)OC[C@H]1O[C@@H](n2cnc3c(N)ncnc32)[C@H](O)[C@@H]1OP(=O)(O)O)C(O)C(=O)NCCC(=O)NCCSC(=O)C(O)CC(O)CCN. The lowest BCUT2D eigenvalue weighted by atomic mass is 9.87. The Morgan fingerprint density at radius 1 is 1.03 bits per heavy atom. The average Bonchev–Trinajstić information content (AvgIpc) is 3.68. The molecule has 3 heterocycles. The zero-order valence-corrected chi connectivity index (χ0v) is 34.3. The Morgan fingerprint density at radius 2 is 1.71 bits per heavy atom. The molecule has 1 aliphatic heterocycles. The van der Waals surface area contributed by atoms with E-state index in [0.29, 0.717) is 0 Å². The Hall–Kier alpha value is -2.56. The van der Waals surface area contributed by atoms with Crippen LogP contribution < -0.4 is 22.1 Å². The largest absolute Gasteiger partial charge is 0.481 e. The molecule has 31 heteroatoms. The molecular formula is C27H47N8O19P3S. The Morgan fingerprint density at radius 3 is 2.36 bits per heavy atom. The van der Waals surface area contributed by atoms with Crippen LogP contribution in [0.1, 0.15) is 39.3 Å². The lowest BCUT2D eigenvalue weighted by Gasteiger charge is -2.30. The molecule has 27 nitrogen and oxygen atoms in total. The fraction of sp³-hybridized carbons (Fsp3) is 0.704. The van der Waals surface area contributed by atoms with Crippen LogP contribution >= 0.6 is 35.2 Å². The average molecular weight is 913 g/mol. The third-order valence-corrected chi connectivity index (χ3v) is 12.1. The molecule has 0 saturated carbocycles. The molecule has 58 heavy (non-hydrogen) atoms. The van der Waals surface area contributed by atoms with E-state index in [2.05, 4.69) is 34.4 Å². The summed E-state index contributed by atoms with van der Waals surface area (Å²) >= 11 is 0.746. The zero-order chi connectivity index (χ0) is 43.6. The highest BCUT2D eigenvalue weighted by Crippen LogP contribution is 2.61. The first kappa shape index (κ1) is 49.8. The fourth-order valence-corrected chi connectivity index (χ4v) is 8.57. The molecule has 330 valence electrons. The highest BCUT2D eigenvalue weighted by Gasteiger charge is 2.50. The molecule has 1 aliphatic rings. The molecule has 1 saturated heterocycles. The number of aromatic nitrogens is 4. The summed E-state index contributed by atoms with van der Waals surface area (Å²) in [6.45, 7) is 0.326. The summed E-state index contributed by atoms with van der Waals surface area (Å²) in [5.74, 6) is -1.51. The van der Waals surface area contributed by atoms with Crippen molar-refractivity contribution in [2.24, 2.45) is 11.1 Å².